The molecule has 2 aliphatic rings. The van der Waals surface area contributed by atoms with Crippen LogP contribution in [0.1, 0.15) is 44.1 Å². The minimum atomic E-state index is -0.650. The van der Waals surface area contributed by atoms with Crippen molar-refractivity contribution < 1.29 is 19.2 Å². The minimum absolute atomic E-state index is 0.214. The summed E-state index contributed by atoms with van der Waals surface area (Å²) in [6.45, 7) is 0.566. The van der Waals surface area contributed by atoms with Crippen LogP contribution in [0.3, 0.4) is 0 Å². The quantitative estimate of drug-likeness (QED) is 0.572. The van der Waals surface area contributed by atoms with Gasteiger partial charge in [0.25, 0.3) is 11.8 Å². The lowest BCUT2D eigenvalue weighted by molar-refractivity contribution is -0.136. The van der Waals surface area contributed by atoms with E-state index in [0.29, 0.717) is 34.1 Å². The highest BCUT2D eigenvalue weighted by Gasteiger charge is 2.39. The molecule has 10 heteroatoms. The van der Waals surface area contributed by atoms with E-state index in [1.54, 1.807) is 24.3 Å². The second-order valence-corrected chi connectivity index (χ2v) is 9.17. The summed E-state index contributed by atoms with van der Waals surface area (Å²) in [5.41, 5.74) is 2.84. The monoisotopic (exact) mass is 468 g/mol. The van der Waals surface area contributed by atoms with E-state index in [9.17, 15) is 19.2 Å². The molecule has 2 aliphatic heterocycles. The van der Waals surface area contributed by atoms with Gasteiger partial charge in [-0.05, 0) is 41.8 Å². The predicted octanol–water partition coefficient (Wildman–Crippen LogP) is 2.64. The highest BCUT2D eigenvalue weighted by Crippen LogP contribution is 2.28. The first kappa shape index (κ1) is 20.6. The van der Waals surface area contributed by atoms with Crippen molar-refractivity contribution in [1.82, 2.24) is 20.5 Å². The second-order valence-electron chi connectivity index (χ2n) is 7.71. The van der Waals surface area contributed by atoms with Gasteiger partial charge in [0.2, 0.25) is 11.8 Å². The molecule has 2 N–H and O–H groups in total. The number of halogens is 1. The molecule has 5 rings (SSSR count). The first-order valence-electron chi connectivity index (χ1n) is 10.00. The SMILES string of the molecule is O=C1CCC(N2Cc3cc(CNC(=O)c4nc5cc(Cl)ccc5s4)ccc3C2=O)C(=O)N1. The summed E-state index contributed by atoms with van der Waals surface area (Å²) in [5.74, 6) is -1.26. The van der Waals surface area contributed by atoms with Gasteiger partial charge >= 0.3 is 0 Å². The van der Waals surface area contributed by atoms with Gasteiger partial charge in [0.1, 0.15) is 6.04 Å². The molecule has 1 aromatic heterocycles. The van der Waals surface area contributed by atoms with Crippen LogP contribution in [0.25, 0.3) is 10.2 Å². The Bertz CT molecular complexity index is 1300. The Hall–Kier alpha value is -3.30. The first-order valence-corrected chi connectivity index (χ1v) is 11.2. The average Bonchev–Trinajstić information content (AvgIpc) is 3.33. The molecular weight excluding hydrogens is 452 g/mol. The molecule has 1 unspecified atom stereocenters. The molecule has 0 radical (unpaired) electrons. The lowest BCUT2D eigenvalue weighted by Gasteiger charge is -2.29. The van der Waals surface area contributed by atoms with E-state index in [0.717, 1.165) is 15.8 Å². The van der Waals surface area contributed by atoms with Gasteiger partial charge < -0.3 is 10.2 Å². The number of aromatic nitrogens is 1. The minimum Gasteiger partial charge on any atom is -0.346 e. The zero-order valence-corrected chi connectivity index (χ0v) is 18.3. The number of rotatable bonds is 4. The van der Waals surface area contributed by atoms with Gasteiger partial charge in [0.15, 0.2) is 5.01 Å². The molecular formula is C22H17ClN4O4S. The molecule has 3 heterocycles. The number of carbonyl (C=O) groups is 4. The summed E-state index contributed by atoms with van der Waals surface area (Å²) in [4.78, 5) is 54.7. The highest BCUT2D eigenvalue weighted by molar-refractivity contribution is 7.20. The van der Waals surface area contributed by atoms with Crippen molar-refractivity contribution in [3.63, 3.8) is 0 Å². The summed E-state index contributed by atoms with van der Waals surface area (Å²) in [6.07, 6.45) is 0.534. The third-order valence-corrected chi connectivity index (χ3v) is 6.86. The number of nitrogens with one attached hydrogen (secondary N) is 2. The molecule has 0 bridgehead atoms. The maximum absolute atomic E-state index is 12.8. The Kier molecular flexibility index (Phi) is 5.15. The van der Waals surface area contributed by atoms with E-state index < -0.39 is 11.9 Å². The second kappa shape index (κ2) is 7.99. The molecule has 2 aromatic carbocycles. The van der Waals surface area contributed by atoms with Crippen LogP contribution in [0.5, 0.6) is 0 Å². The molecule has 1 fully saturated rings. The number of hydrogen-bond acceptors (Lipinski definition) is 6. The maximum atomic E-state index is 12.8. The van der Waals surface area contributed by atoms with Crippen LogP contribution in [0, 0.1) is 0 Å². The molecule has 0 saturated carbocycles. The van der Waals surface area contributed by atoms with Crippen LogP contribution in [-0.4, -0.2) is 39.6 Å². The van der Waals surface area contributed by atoms with E-state index in [2.05, 4.69) is 15.6 Å². The summed E-state index contributed by atoms with van der Waals surface area (Å²) in [5, 5.41) is 6.06. The van der Waals surface area contributed by atoms with Crippen molar-refractivity contribution in [2.45, 2.75) is 32.0 Å². The van der Waals surface area contributed by atoms with E-state index in [-0.39, 0.29) is 30.7 Å². The molecule has 0 spiro atoms. The molecule has 1 atom stereocenters. The average molecular weight is 469 g/mol. The molecule has 4 amide bonds. The maximum Gasteiger partial charge on any atom is 0.280 e. The predicted molar refractivity (Wildman–Crippen MR) is 118 cm³/mol. The number of amides is 4. The molecule has 1 saturated heterocycles. The number of piperidine rings is 1. The first-order chi connectivity index (χ1) is 15.4. The van der Waals surface area contributed by atoms with Crippen molar-refractivity contribution in [3.05, 3.63) is 63.1 Å². The van der Waals surface area contributed by atoms with Gasteiger partial charge in [0, 0.05) is 30.1 Å². The van der Waals surface area contributed by atoms with Crippen LogP contribution >= 0.6 is 22.9 Å². The molecule has 162 valence electrons. The van der Waals surface area contributed by atoms with Crippen LogP contribution in [-0.2, 0) is 22.7 Å². The van der Waals surface area contributed by atoms with Gasteiger partial charge in [-0.1, -0.05) is 23.7 Å². The Morgan fingerprint density at radius 3 is 2.88 bits per heavy atom. The Balaban J connectivity index is 1.27. The van der Waals surface area contributed by atoms with E-state index >= 15 is 0 Å². The third kappa shape index (κ3) is 3.74. The Morgan fingerprint density at radius 1 is 1.22 bits per heavy atom. The van der Waals surface area contributed by atoms with Crippen molar-refractivity contribution in [2.24, 2.45) is 0 Å². The van der Waals surface area contributed by atoms with Gasteiger partial charge in [-0.15, -0.1) is 11.3 Å². The number of imide groups is 1. The van der Waals surface area contributed by atoms with Crippen molar-refractivity contribution in [2.75, 3.05) is 0 Å². The topological polar surface area (TPSA) is 108 Å². The molecule has 8 nitrogen and oxygen atoms in total. The number of nitrogens with zero attached hydrogens (tertiary/aromatic N) is 2. The third-order valence-electron chi connectivity index (χ3n) is 5.58. The summed E-state index contributed by atoms with van der Waals surface area (Å²) < 4.78 is 0.879. The Labute approximate surface area is 191 Å². The molecule has 0 aliphatic carbocycles. The summed E-state index contributed by atoms with van der Waals surface area (Å²) in [7, 11) is 0. The lowest BCUT2D eigenvalue weighted by Crippen LogP contribution is -2.52. The number of fused-ring (bicyclic) bond motifs is 2. The van der Waals surface area contributed by atoms with E-state index in [4.69, 9.17) is 11.6 Å². The standard InChI is InChI=1S/C22H17ClN4O4S/c23-13-2-5-17-15(8-13)25-21(32-17)20(30)24-9-11-1-3-14-12(7-11)10-27(22(14)31)16-4-6-18(28)26-19(16)29/h1-3,5,7-8,16H,4,6,9-10H2,(H,24,30)(H,26,28,29). The summed E-state index contributed by atoms with van der Waals surface area (Å²) >= 11 is 7.27. The number of carbonyl (C=O) groups excluding carboxylic acids is 4. The number of benzene rings is 2. The smallest absolute Gasteiger partial charge is 0.280 e. The fraction of sp³-hybridized carbons (Fsp3) is 0.227. The van der Waals surface area contributed by atoms with Crippen LogP contribution < -0.4 is 10.6 Å². The van der Waals surface area contributed by atoms with Crippen molar-refractivity contribution in [1.29, 1.82) is 0 Å². The van der Waals surface area contributed by atoms with Crippen molar-refractivity contribution >= 4 is 56.8 Å². The van der Waals surface area contributed by atoms with Crippen LogP contribution in [0.4, 0.5) is 0 Å². The van der Waals surface area contributed by atoms with E-state index in [1.165, 1.54) is 16.2 Å². The molecule has 32 heavy (non-hydrogen) atoms. The van der Waals surface area contributed by atoms with Crippen LogP contribution in [0.2, 0.25) is 5.02 Å². The van der Waals surface area contributed by atoms with E-state index in [1.807, 2.05) is 12.1 Å². The van der Waals surface area contributed by atoms with Gasteiger partial charge in [-0.25, -0.2) is 4.98 Å². The number of thiazole rings is 1. The fourth-order valence-electron chi connectivity index (χ4n) is 3.99. The van der Waals surface area contributed by atoms with Crippen LogP contribution in [0.15, 0.2) is 36.4 Å². The fourth-order valence-corrected chi connectivity index (χ4v) is 5.02. The lowest BCUT2D eigenvalue weighted by atomic mass is 10.0. The van der Waals surface area contributed by atoms with Gasteiger partial charge in [-0.2, -0.15) is 0 Å². The highest BCUT2D eigenvalue weighted by atomic mass is 35.5. The largest absolute Gasteiger partial charge is 0.346 e. The van der Waals surface area contributed by atoms with Gasteiger partial charge in [-0.3, -0.25) is 24.5 Å². The van der Waals surface area contributed by atoms with Crippen molar-refractivity contribution in [3.8, 4) is 0 Å². The zero-order chi connectivity index (χ0) is 22.4. The molecule has 3 aromatic rings. The normalized spacial score (nSPS) is 18.1. The van der Waals surface area contributed by atoms with Gasteiger partial charge in [0.05, 0.1) is 10.2 Å². The number of hydrogen-bond donors (Lipinski definition) is 2. The summed E-state index contributed by atoms with van der Waals surface area (Å²) in [6, 6.07) is 10.0. The Morgan fingerprint density at radius 2 is 2.06 bits per heavy atom. The zero-order valence-electron chi connectivity index (χ0n) is 16.7.